The molecule has 1 heterocycles. The summed E-state index contributed by atoms with van der Waals surface area (Å²) in [5.74, 6) is 0.421. The molecule has 0 spiro atoms. The number of benzene rings is 1. The summed E-state index contributed by atoms with van der Waals surface area (Å²) in [5.41, 5.74) is 6.30. The molecule has 4 heteroatoms. The van der Waals surface area contributed by atoms with Crippen LogP contribution in [-0.2, 0) is 0 Å². The Kier molecular flexibility index (Phi) is 3.13. The minimum Gasteiger partial charge on any atom is -0.459 e. The zero-order valence-corrected chi connectivity index (χ0v) is 8.48. The Morgan fingerprint density at radius 2 is 2.07 bits per heavy atom. The standard InChI is InChI=1S/C10H10FNO.ClH/c1-6(12)10-5-7-4-8(11)2-3-9(7)13-10;/h2-6H,12H2,1H3;1H/t6-;/m1./s1. The van der Waals surface area contributed by atoms with Gasteiger partial charge in [0.15, 0.2) is 0 Å². The molecule has 2 nitrogen and oxygen atoms in total. The lowest BCUT2D eigenvalue weighted by Crippen LogP contribution is -2.02. The van der Waals surface area contributed by atoms with Crippen molar-refractivity contribution in [1.82, 2.24) is 0 Å². The summed E-state index contributed by atoms with van der Waals surface area (Å²) in [7, 11) is 0. The predicted octanol–water partition coefficient (Wildman–Crippen LogP) is 3.01. The van der Waals surface area contributed by atoms with Crippen LogP contribution in [-0.4, -0.2) is 0 Å². The van der Waals surface area contributed by atoms with Crippen LogP contribution in [0.1, 0.15) is 18.7 Å². The Morgan fingerprint density at radius 3 is 2.71 bits per heavy atom. The summed E-state index contributed by atoms with van der Waals surface area (Å²) in [6, 6.07) is 6.02. The fraction of sp³-hybridized carbons (Fsp3) is 0.200. The van der Waals surface area contributed by atoms with Gasteiger partial charge in [0.25, 0.3) is 0 Å². The molecule has 2 N–H and O–H groups in total. The highest BCUT2D eigenvalue weighted by Crippen LogP contribution is 2.23. The van der Waals surface area contributed by atoms with Crippen molar-refractivity contribution in [3.8, 4) is 0 Å². The van der Waals surface area contributed by atoms with Crippen LogP contribution in [0, 0.1) is 5.82 Å². The number of nitrogens with two attached hydrogens (primary N) is 1. The molecule has 0 saturated heterocycles. The molecule has 1 aromatic carbocycles. The molecule has 1 aromatic heterocycles. The first-order valence-corrected chi connectivity index (χ1v) is 4.11. The molecule has 0 saturated carbocycles. The van der Waals surface area contributed by atoms with E-state index in [4.69, 9.17) is 10.2 Å². The van der Waals surface area contributed by atoms with E-state index in [9.17, 15) is 4.39 Å². The van der Waals surface area contributed by atoms with Crippen molar-refractivity contribution in [1.29, 1.82) is 0 Å². The van der Waals surface area contributed by atoms with Gasteiger partial charge in [-0.25, -0.2) is 4.39 Å². The molecular weight excluding hydrogens is 205 g/mol. The van der Waals surface area contributed by atoms with Crippen LogP contribution < -0.4 is 5.73 Å². The van der Waals surface area contributed by atoms with Crippen LogP contribution >= 0.6 is 12.4 Å². The first-order chi connectivity index (χ1) is 6.16. The molecule has 0 bridgehead atoms. The fourth-order valence-electron chi connectivity index (χ4n) is 1.26. The van der Waals surface area contributed by atoms with Crippen LogP contribution in [0.3, 0.4) is 0 Å². The molecular formula is C10H11ClFNO. The van der Waals surface area contributed by atoms with Gasteiger partial charge in [-0.1, -0.05) is 0 Å². The van der Waals surface area contributed by atoms with E-state index in [-0.39, 0.29) is 24.3 Å². The van der Waals surface area contributed by atoms with Gasteiger partial charge in [0, 0.05) is 5.39 Å². The largest absolute Gasteiger partial charge is 0.459 e. The van der Waals surface area contributed by atoms with E-state index in [0.717, 1.165) is 5.39 Å². The van der Waals surface area contributed by atoms with E-state index >= 15 is 0 Å². The van der Waals surface area contributed by atoms with Crippen LogP contribution in [0.5, 0.6) is 0 Å². The zero-order valence-electron chi connectivity index (χ0n) is 7.66. The average molecular weight is 216 g/mol. The lowest BCUT2D eigenvalue weighted by atomic mass is 10.2. The maximum atomic E-state index is 12.8. The molecule has 0 fully saturated rings. The molecule has 0 amide bonds. The minimum absolute atomic E-state index is 0. The summed E-state index contributed by atoms with van der Waals surface area (Å²) in [6.45, 7) is 1.83. The summed E-state index contributed by atoms with van der Waals surface area (Å²) >= 11 is 0. The summed E-state index contributed by atoms with van der Waals surface area (Å²) in [5, 5.41) is 0.757. The molecule has 0 aliphatic carbocycles. The second-order valence-electron chi connectivity index (χ2n) is 3.12. The van der Waals surface area contributed by atoms with Crippen molar-refractivity contribution in [2.45, 2.75) is 13.0 Å². The molecule has 2 rings (SSSR count). The third-order valence-electron chi connectivity index (χ3n) is 1.95. The van der Waals surface area contributed by atoms with Crippen molar-refractivity contribution in [3.63, 3.8) is 0 Å². The van der Waals surface area contributed by atoms with Gasteiger partial charge in [0.2, 0.25) is 0 Å². The van der Waals surface area contributed by atoms with Crippen LogP contribution in [0.4, 0.5) is 4.39 Å². The minimum atomic E-state index is -0.260. The van der Waals surface area contributed by atoms with Crippen LogP contribution in [0.15, 0.2) is 28.7 Å². The van der Waals surface area contributed by atoms with Gasteiger partial charge >= 0.3 is 0 Å². The van der Waals surface area contributed by atoms with E-state index in [1.54, 1.807) is 12.1 Å². The second-order valence-corrected chi connectivity index (χ2v) is 3.12. The Hall–Kier alpha value is -1.06. The zero-order chi connectivity index (χ0) is 9.42. The summed E-state index contributed by atoms with van der Waals surface area (Å²) in [6.07, 6.45) is 0. The van der Waals surface area contributed by atoms with Gasteiger partial charge in [0.05, 0.1) is 6.04 Å². The van der Waals surface area contributed by atoms with Crippen molar-refractivity contribution in [2.24, 2.45) is 5.73 Å². The van der Waals surface area contributed by atoms with E-state index in [0.29, 0.717) is 11.3 Å². The van der Waals surface area contributed by atoms with Crippen molar-refractivity contribution in [2.75, 3.05) is 0 Å². The van der Waals surface area contributed by atoms with Gasteiger partial charge in [-0.15, -0.1) is 12.4 Å². The third kappa shape index (κ3) is 1.89. The van der Waals surface area contributed by atoms with Gasteiger partial charge in [-0.05, 0) is 31.2 Å². The number of furan rings is 1. The monoisotopic (exact) mass is 215 g/mol. The van der Waals surface area contributed by atoms with E-state index in [1.807, 2.05) is 6.92 Å². The molecule has 2 aromatic rings. The molecule has 14 heavy (non-hydrogen) atoms. The first-order valence-electron chi connectivity index (χ1n) is 4.11. The number of fused-ring (bicyclic) bond motifs is 1. The summed E-state index contributed by atoms with van der Waals surface area (Å²) < 4.78 is 18.2. The lowest BCUT2D eigenvalue weighted by molar-refractivity contribution is 0.512. The normalized spacial score (nSPS) is 12.5. The molecule has 0 radical (unpaired) electrons. The quantitative estimate of drug-likeness (QED) is 0.794. The highest BCUT2D eigenvalue weighted by Gasteiger charge is 2.07. The Bertz CT molecular complexity index is 439. The Morgan fingerprint density at radius 1 is 1.36 bits per heavy atom. The van der Waals surface area contributed by atoms with Gasteiger partial charge in [-0.3, -0.25) is 0 Å². The van der Waals surface area contributed by atoms with Crippen molar-refractivity contribution >= 4 is 23.4 Å². The highest BCUT2D eigenvalue weighted by atomic mass is 35.5. The average Bonchev–Trinajstić information content (AvgIpc) is 2.46. The number of hydrogen-bond donors (Lipinski definition) is 1. The van der Waals surface area contributed by atoms with Gasteiger partial charge in [-0.2, -0.15) is 0 Å². The van der Waals surface area contributed by atoms with Crippen molar-refractivity contribution < 1.29 is 8.81 Å². The van der Waals surface area contributed by atoms with Gasteiger partial charge < -0.3 is 10.2 Å². The maximum Gasteiger partial charge on any atom is 0.134 e. The Balaban J connectivity index is 0.000000980. The van der Waals surface area contributed by atoms with E-state index in [1.165, 1.54) is 12.1 Å². The van der Waals surface area contributed by atoms with Crippen LogP contribution in [0.25, 0.3) is 11.0 Å². The SMILES string of the molecule is C[C@@H](N)c1cc2cc(F)ccc2o1.Cl. The third-order valence-corrected chi connectivity index (χ3v) is 1.95. The van der Waals surface area contributed by atoms with E-state index < -0.39 is 0 Å². The first kappa shape index (κ1) is 11.0. The molecule has 0 unspecified atom stereocenters. The van der Waals surface area contributed by atoms with Crippen molar-refractivity contribution in [3.05, 3.63) is 35.8 Å². The number of rotatable bonds is 1. The Labute approximate surface area is 87.3 Å². The second kappa shape index (κ2) is 3.98. The van der Waals surface area contributed by atoms with Gasteiger partial charge in [0.1, 0.15) is 17.2 Å². The molecule has 76 valence electrons. The predicted molar refractivity (Wildman–Crippen MR) is 56.0 cm³/mol. The smallest absolute Gasteiger partial charge is 0.134 e. The molecule has 0 aliphatic rings. The van der Waals surface area contributed by atoms with Crippen LogP contribution in [0.2, 0.25) is 0 Å². The topological polar surface area (TPSA) is 39.2 Å². The molecule has 0 aliphatic heterocycles. The number of halogens is 2. The molecule has 1 atom stereocenters. The highest BCUT2D eigenvalue weighted by molar-refractivity contribution is 5.85. The fourth-order valence-corrected chi connectivity index (χ4v) is 1.26. The number of hydrogen-bond acceptors (Lipinski definition) is 2. The summed E-state index contributed by atoms with van der Waals surface area (Å²) in [4.78, 5) is 0. The lowest BCUT2D eigenvalue weighted by Gasteiger charge is -1.96. The van der Waals surface area contributed by atoms with E-state index in [2.05, 4.69) is 0 Å². The maximum absolute atomic E-state index is 12.8.